The first-order valence-corrected chi connectivity index (χ1v) is 9.71. The van der Waals surface area contributed by atoms with Gasteiger partial charge in [0.05, 0.1) is 13.7 Å². The number of amides is 1. The van der Waals surface area contributed by atoms with Crippen molar-refractivity contribution >= 4 is 5.91 Å². The van der Waals surface area contributed by atoms with Crippen LogP contribution in [0.25, 0.3) is 0 Å². The second-order valence-corrected chi connectivity index (χ2v) is 6.87. The molecule has 6 nitrogen and oxygen atoms in total. The molecule has 1 saturated carbocycles. The van der Waals surface area contributed by atoms with Crippen molar-refractivity contribution in [3.05, 3.63) is 35.3 Å². The second-order valence-electron chi connectivity index (χ2n) is 6.87. The highest BCUT2D eigenvalue weighted by Gasteiger charge is 2.32. The molecule has 0 unspecified atom stereocenters. The minimum Gasteiger partial charge on any atom is -0.493 e. The third-order valence-corrected chi connectivity index (χ3v) is 5.07. The molecule has 1 aromatic carbocycles. The second kappa shape index (κ2) is 9.02. The third kappa shape index (κ3) is 4.49. The van der Waals surface area contributed by atoms with Crippen molar-refractivity contribution in [2.24, 2.45) is 0 Å². The molecule has 1 aliphatic carbocycles. The highest BCUT2D eigenvalue weighted by molar-refractivity contribution is 5.92. The van der Waals surface area contributed by atoms with E-state index in [1.54, 1.807) is 14.0 Å². The number of rotatable bonds is 7. The Labute approximate surface area is 161 Å². The van der Waals surface area contributed by atoms with Crippen molar-refractivity contribution in [3.8, 4) is 11.5 Å². The zero-order valence-corrected chi connectivity index (χ0v) is 16.5. The van der Waals surface area contributed by atoms with Crippen LogP contribution >= 0.6 is 0 Å². The molecule has 1 fully saturated rings. The molecule has 1 amide bonds. The topological polar surface area (TPSA) is 57.2 Å². The number of hydrogen-bond donors (Lipinski definition) is 0. The average molecular weight is 375 g/mol. The van der Waals surface area contributed by atoms with Gasteiger partial charge >= 0.3 is 0 Å². The van der Waals surface area contributed by atoms with Gasteiger partial charge in [-0.1, -0.05) is 18.9 Å². The molecule has 1 aromatic rings. The Balaban J connectivity index is 1.86. The molecule has 1 heterocycles. The van der Waals surface area contributed by atoms with Crippen LogP contribution in [0.15, 0.2) is 29.7 Å². The zero-order chi connectivity index (χ0) is 19.2. The highest BCUT2D eigenvalue weighted by atomic mass is 16.6. The predicted molar refractivity (Wildman–Crippen MR) is 102 cm³/mol. The number of hydrogen-bond acceptors (Lipinski definition) is 5. The van der Waals surface area contributed by atoms with Crippen LogP contribution in [0.5, 0.6) is 11.5 Å². The SMILES string of the molecule is CCOc1cc(CN(C(=O)C2=C(C)OCCO2)C2CCCC2)ccc1OC. The lowest BCUT2D eigenvalue weighted by molar-refractivity contribution is -0.135. The Morgan fingerprint density at radius 3 is 2.59 bits per heavy atom. The normalized spacial score (nSPS) is 17.3. The van der Waals surface area contributed by atoms with Crippen molar-refractivity contribution in [1.82, 2.24) is 4.90 Å². The molecule has 148 valence electrons. The smallest absolute Gasteiger partial charge is 0.293 e. The van der Waals surface area contributed by atoms with Crippen LogP contribution in [0.1, 0.15) is 45.1 Å². The standard InChI is InChI=1S/C21H29NO5/c1-4-25-19-13-16(9-10-18(19)24-3)14-22(17-7-5-6-8-17)21(23)20-15(2)26-11-12-27-20/h9-10,13,17H,4-8,11-12,14H2,1-3H3. The minimum absolute atomic E-state index is 0.0899. The first-order valence-electron chi connectivity index (χ1n) is 9.71. The van der Waals surface area contributed by atoms with Crippen LogP contribution in [0.4, 0.5) is 0 Å². The number of carbonyl (C=O) groups is 1. The number of methoxy groups -OCH3 is 1. The fourth-order valence-electron chi connectivity index (χ4n) is 3.72. The summed E-state index contributed by atoms with van der Waals surface area (Å²) < 4.78 is 22.2. The lowest BCUT2D eigenvalue weighted by Crippen LogP contribution is -2.40. The average Bonchev–Trinajstić information content (AvgIpc) is 3.21. The molecule has 0 bridgehead atoms. The highest BCUT2D eigenvalue weighted by Crippen LogP contribution is 2.31. The first kappa shape index (κ1) is 19.4. The summed E-state index contributed by atoms with van der Waals surface area (Å²) in [7, 11) is 1.63. The largest absolute Gasteiger partial charge is 0.493 e. The number of ether oxygens (including phenoxy) is 4. The van der Waals surface area contributed by atoms with Gasteiger partial charge in [-0.3, -0.25) is 4.79 Å². The molecule has 0 N–H and O–H groups in total. The van der Waals surface area contributed by atoms with Crippen molar-refractivity contribution in [1.29, 1.82) is 0 Å². The van der Waals surface area contributed by atoms with Crippen LogP contribution < -0.4 is 9.47 Å². The summed E-state index contributed by atoms with van der Waals surface area (Å²) in [5.74, 6) is 2.21. The van der Waals surface area contributed by atoms with Gasteiger partial charge < -0.3 is 23.8 Å². The predicted octanol–water partition coefficient (Wildman–Crippen LogP) is 3.64. The first-order chi connectivity index (χ1) is 13.1. The van der Waals surface area contributed by atoms with E-state index in [2.05, 4.69) is 0 Å². The van der Waals surface area contributed by atoms with E-state index in [1.807, 2.05) is 30.0 Å². The van der Waals surface area contributed by atoms with Crippen molar-refractivity contribution in [2.75, 3.05) is 26.9 Å². The van der Waals surface area contributed by atoms with E-state index in [4.69, 9.17) is 18.9 Å². The summed E-state index contributed by atoms with van der Waals surface area (Å²) in [5, 5.41) is 0. The molecule has 0 saturated heterocycles. The van der Waals surface area contributed by atoms with Crippen LogP contribution in [-0.2, 0) is 20.8 Å². The molecule has 3 rings (SSSR count). The zero-order valence-electron chi connectivity index (χ0n) is 16.5. The maximum Gasteiger partial charge on any atom is 0.293 e. The Morgan fingerprint density at radius 2 is 1.93 bits per heavy atom. The Bertz CT molecular complexity index is 694. The summed E-state index contributed by atoms with van der Waals surface area (Å²) in [6, 6.07) is 6.05. The molecular weight excluding hydrogens is 346 g/mol. The molecule has 27 heavy (non-hydrogen) atoms. The summed E-state index contributed by atoms with van der Waals surface area (Å²) in [5.41, 5.74) is 1.01. The minimum atomic E-state index is -0.0899. The van der Waals surface area contributed by atoms with E-state index >= 15 is 0 Å². The van der Waals surface area contributed by atoms with Crippen molar-refractivity contribution in [3.63, 3.8) is 0 Å². The van der Waals surface area contributed by atoms with Gasteiger partial charge in [-0.25, -0.2) is 0 Å². The van der Waals surface area contributed by atoms with E-state index in [9.17, 15) is 4.79 Å². The fraction of sp³-hybridized carbons (Fsp3) is 0.571. The third-order valence-electron chi connectivity index (χ3n) is 5.07. The van der Waals surface area contributed by atoms with Gasteiger partial charge in [0.1, 0.15) is 19.0 Å². The van der Waals surface area contributed by atoms with E-state index in [-0.39, 0.29) is 11.9 Å². The lowest BCUT2D eigenvalue weighted by atomic mass is 10.1. The van der Waals surface area contributed by atoms with Gasteiger partial charge in [0.2, 0.25) is 5.76 Å². The summed E-state index contributed by atoms with van der Waals surface area (Å²) in [4.78, 5) is 15.2. The molecule has 0 radical (unpaired) electrons. The van der Waals surface area contributed by atoms with Gasteiger partial charge in [0.25, 0.3) is 5.91 Å². The Hall–Kier alpha value is -2.37. The maximum absolute atomic E-state index is 13.2. The van der Waals surface area contributed by atoms with Crippen LogP contribution in [0.2, 0.25) is 0 Å². The Kier molecular flexibility index (Phi) is 6.48. The summed E-state index contributed by atoms with van der Waals surface area (Å²) in [6.07, 6.45) is 4.34. The molecule has 2 aliphatic rings. The maximum atomic E-state index is 13.2. The molecule has 0 aromatic heterocycles. The van der Waals surface area contributed by atoms with E-state index in [0.29, 0.717) is 49.4 Å². The van der Waals surface area contributed by atoms with E-state index in [1.165, 1.54) is 0 Å². The van der Waals surface area contributed by atoms with Crippen LogP contribution in [0.3, 0.4) is 0 Å². The lowest BCUT2D eigenvalue weighted by Gasteiger charge is -2.31. The van der Waals surface area contributed by atoms with Crippen molar-refractivity contribution in [2.45, 2.75) is 52.1 Å². The Morgan fingerprint density at radius 1 is 1.19 bits per heavy atom. The molecule has 0 spiro atoms. The molecular formula is C21H29NO5. The quantitative estimate of drug-likeness (QED) is 0.728. The van der Waals surface area contributed by atoms with Crippen molar-refractivity contribution < 1.29 is 23.7 Å². The monoisotopic (exact) mass is 375 g/mol. The molecule has 6 heteroatoms. The fourth-order valence-corrected chi connectivity index (χ4v) is 3.72. The number of benzene rings is 1. The number of allylic oxidation sites excluding steroid dienone is 1. The summed E-state index contributed by atoms with van der Waals surface area (Å²) in [6.45, 7) is 5.70. The summed E-state index contributed by atoms with van der Waals surface area (Å²) >= 11 is 0. The molecule has 0 atom stereocenters. The van der Waals surface area contributed by atoms with Gasteiger partial charge in [-0.2, -0.15) is 0 Å². The molecule has 1 aliphatic heterocycles. The van der Waals surface area contributed by atoms with Gasteiger partial charge in [-0.05, 0) is 44.4 Å². The van der Waals surface area contributed by atoms with Crippen LogP contribution in [0, 0.1) is 0 Å². The van der Waals surface area contributed by atoms with E-state index < -0.39 is 0 Å². The van der Waals surface area contributed by atoms with Crippen LogP contribution in [-0.4, -0.2) is 43.8 Å². The van der Waals surface area contributed by atoms with Gasteiger partial charge in [0, 0.05) is 12.6 Å². The number of nitrogens with zero attached hydrogens (tertiary/aromatic N) is 1. The number of carbonyl (C=O) groups excluding carboxylic acids is 1. The van der Waals surface area contributed by atoms with Gasteiger partial charge in [-0.15, -0.1) is 0 Å². The van der Waals surface area contributed by atoms with E-state index in [0.717, 1.165) is 31.2 Å². The van der Waals surface area contributed by atoms with Gasteiger partial charge in [0.15, 0.2) is 11.5 Å².